The number of pyridine rings is 3. The van der Waals surface area contributed by atoms with Gasteiger partial charge in [-0.2, -0.15) is 0 Å². The van der Waals surface area contributed by atoms with Crippen LogP contribution in [0.15, 0.2) is 115 Å². The second-order valence-corrected chi connectivity index (χ2v) is 9.45. The van der Waals surface area contributed by atoms with E-state index in [9.17, 15) is 4.79 Å². The van der Waals surface area contributed by atoms with Gasteiger partial charge in [0.1, 0.15) is 17.1 Å². The molecule has 0 saturated heterocycles. The summed E-state index contributed by atoms with van der Waals surface area (Å²) >= 11 is 0. The summed E-state index contributed by atoms with van der Waals surface area (Å²) < 4.78 is 14.7. The Kier molecular flexibility index (Phi) is 13.1. The number of rotatable bonds is 9. The molecule has 0 amide bonds. The van der Waals surface area contributed by atoms with E-state index in [1.807, 2.05) is 12.1 Å². The molecule has 1 unspecified atom stereocenters. The van der Waals surface area contributed by atoms with Crippen molar-refractivity contribution in [2.24, 2.45) is 10.9 Å². The number of carbonyl (C=O) groups is 1. The highest BCUT2D eigenvalue weighted by molar-refractivity contribution is 6.11. The summed E-state index contributed by atoms with van der Waals surface area (Å²) in [7, 11) is 4.54. The van der Waals surface area contributed by atoms with Crippen molar-refractivity contribution in [1.29, 1.82) is 0 Å². The van der Waals surface area contributed by atoms with Gasteiger partial charge in [0, 0.05) is 66.5 Å². The maximum atomic E-state index is 11.9. The molecule has 16 heteroatoms. The van der Waals surface area contributed by atoms with Crippen molar-refractivity contribution in [3.63, 3.8) is 0 Å². The molecule has 0 aromatic carbocycles. The van der Waals surface area contributed by atoms with Gasteiger partial charge in [-0.3, -0.25) is 19.7 Å². The normalized spacial score (nSPS) is 11.1. The summed E-state index contributed by atoms with van der Waals surface area (Å²) in [5.41, 5.74) is 9.80. The first-order valence-corrected chi connectivity index (χ1v) is 14.3. The molecule has 0 saturated carbocycles. The topological polar surface area (TPSA) is 219 Å². The van der Waals surface area contributed by atoms with Crippen LogP contribution in [0, 0.1) is 0 Å². The molecule has 6 heterocycles. The van der Waals surface area contributed by atoms with E-state index in [0.29, 0.717) is 45.9 Å². The van der Waals surface area contributed by atoms with Gasteiger partial charge in [0.05, 0.1) is 33.1 Å². The highest BCUT2D eigenvalue weighted by Gasteiger charge is 2.13. The Labute approximate surface area is 280 Å². The molecule has 6 aromatic rings. The first kappa shape index (κ1) is 35.1. The average Bonchev–Trinajstić information content (AvgIpc) is 3.19. The second kappa shape index (κ2) is 18.4. The Morgan fingerprint density at radius 2 is 1.14 bits per heavy atom. The SMILES string of the molecule is COc1ccc(/C(=N/O)c2cccnc2)nn1.COc1ccc(C(=O)c2cccnc2)nn1.COc1ccc(C(N)c2cccnc2)nn1. The first-order chi connectivity index (χ1) is 24.0. The Balaban J connectivity index is 0.000000166. The molecule has 3 N–H and O–H groups in total. The third-order valence-electron chi connectivity index (χ3n) is 6.36. The van der Waals surface area contributed by atoms with Crippen molar-refractivity contribution in [3.05, 3.63) is 144 Å². The maximum absolute atomic E-state index is 11.9. The van der Waals surface area contributed by atoms with E-state index in [1.54, 1.807) is 98.8 Å². The largest absolute Gasteiger partial charge is 0.480 e. The zero-order valence-electron chi connectivity index (χ0n) is 26.6. The molecule has 6 rings (SSSR count). The van der Waals surface area contributed by atoms with Crippen LogP contribution in [0.5, 0.6) is 17.6 Å². The number of hydrogen-bond acceptors (Lipinski definition) is 16. The molecular weight excluding hydrogens is 630 g/mol. The molecule has 0 spiro atoms. The fourth-order valence-electron chi connectivity index (χ4n) is 3.85. The summed E-state index contributed by atoms with van der Waals surface area (Å²) in [4.78, 5) is 23.7. The predicted octanol–water partition coefficient (Wildman–Crippen LogP) is 3.15. The summed E-state index contributed by atoms with van der Waals surface area (Å²) in [6.07, 6.45) is 9.75. The number of ketones is 1. The van der Waals surface area contributed by atoms with Gasteiger partial charge in [-0.25, -0.2) is 0 Å². The van der Waals surface area contributed by atoms with Gasteiger partial charge < -0.3 is 25.2 Å². The number of aromatic nitrogens is 9. The lowest BCUT2D eigenvalue weighted by Crippen LogP contribution is -2.14. The Bertz CT molecular complexity index is 1880. The van der Waals surface area contributed by atoms with Gasteiger partial charge in [0.15, 0.2) is 0 Å². The summed E-state index contributed by atoms with van der Waals surface area (Å²) in [5, 5.41) is 35.3. The monoisotopic (exact) mass is 661 g/mol. The minimum Gasteiger partial charge on any atom is -0.480 e. The zero-order chi connectivity index (χ0) is 34.8. The number of hydrogen-bond donors (Lipinski definition) is 2. The van der Waals surface area contributed by atoms with Gasteiger partial charge in [-0.15, -0.1) is 30.6 Å². The van der Waals surface area contributed by atoms with Crippen LogP contribution in [0.4, 0.5) is 0 Å². The molecular formula is C33H31N11O5. The van der Waals surface area contributed by atoms with Gasteiger partial charge >= 0.3 is 0 Å². The van der Waals surface area contributed by atoms with E-state index in [0.717, 1.165) is 5.56 Å². The second-order valence-electron chi connectivity index (χ2n) is 9.45. The fourth-order valence-corrected chi connectivity index (χ4v) is 3.85. The van der Waals surface area contributed by atoms with Crippen LogP contribution in [0.3, 0.4) is 0 Å². The Morgan fingerprint density at radius 3 is 1.57 bits per heavy atom. The molecule has 0 aliphatic carbocycles. The van der Waals surface area contributed by atoms with Gasteiger partial charge in [0.25, 0.3) is 0 Å². The van der Waals surface area contributed by atoms with E-state index in [1.165, 1.54) is 20.4 Å². The van der Waals surface area contributed by atoms with Crippen LogP contribution in [0.25, 0.3) is 0 Å². The lowest BCUT2D eigenvalue weighted by molar-refractivity contribution is 0.103. The maximum Gasteiger partial charge on any atom is 0.233 e. The summed E-state index contributed by atoms with van der Waals surface area (Å²) in [6, 6.07) is 20.3. The number of oxime groups is 1. The van der Waals surface area contributed by atoms with E-state index < -0.39 is 0 Å². The lowest BCUT2D eigenvalue weighted by Gasteiger charge is -2.10. The minimum atomic E-state index is -0.313. The number of nitrogens with zero attached hydrogens (tertiary/aromatic N) is 10. The lowest BCUT2D eigenvalue weighted by atomic mass is 10.1. The van der Waals surface area contributed by atoms with Crippen molar-refractivity contribution in [3.8, 4) is 17.6 Å². The zero-order valence-corrected chi connectivity index (χ0v) is 26.6. The number of methoxy groups -OCH3 is 3. The number of carbonyl (C=O) groups excluding carboxylic acids is 1. The number of ether oxygens (including phenoxy) is 3. The summed E-state index contributed by atoms with van der Waals surface area (Å²) in [6.45, 7) is 0. The predicted molar refractivity (Wildman–Crippen MR) is 175 cm³/mol. The summed E-state index contributed by atoms with van der Waals surface area (Å²) in [5.74, 6) is 1.05. The molecule has 0 aliphatic heterocycles. The molecule has 6 aromatic heterocycles. The molecule has 16 nitrogen and oxygen atoms in total. The van der Waals surface area contributed by atoms with Crippen molar-refractivity contribution < 1.29 is 24.2 Å². The van der Waals surface area contributed by atoms with Gasteiger partial charge in [-0.05, 0) is 54.1 Å². The Hall–Kier alpha value is -6.81. The van der Waals surface area contributed by atoms with E-state index in [4.69, 9.17) is 25.2 Å². The van der Waals surface area contributed by atoms with Crippen LogP contribution >= 0.6 is 0 Å². The Morgan fingerprint density at radius 1 is 0.633 bits per heavy atom. The fraction of sp³-hybridized carbons (Fsp3) is 0.121. The standard InChI is InChI=1S/C11H10N4O2.C11H12N4O.C11H9N3O2/c1-17-10-5-4-9(13-14-10)11(15-16)8-3-2-6-12-7-8;1-16-10-5-4-9(14-15-10)11(12)8-3-2-6-13-7-8;1-16-10-5-4-9(13-14-10)11(15)8-3-2-6-12-7-8/h2-7,16H,1H3;2-7,11H,12H2,1H3;2-7H,1H3/b15-11+;;. The van der Waals surface area contributed by atoms with E-state index in [2.05, 4.69) is 50.7 Å². The van der Waals surface area contributed by atoms with Gasteiger partial charge in [-0.1, -0.05) is 11.2 Å². The molecule has 0 bridgehead atoms. The van der Waals surface area contributed by atoms with Crippen LogP contribution in [0.1, 0.15) is 44.6 Å². The average molecular weight is 662 g/mol. The van der Waals surface area contributed by atoms with E-state index >= 15 is 0 Å². The third kappa shape index (κ3) is 10.1. The first-order valence-electron chi connectivity index (χ1n) is 14.3. The van der Waals surface area contributed by atoms with Crippen molar-refractivity contribution in [1.82, 2.24) is 45.5 Å². The van der Waals surface area contributed by atoms with Gasteiger partial charge in [0.2, 0.25) is 23.4 Å². The van der Waals surface area contributed by atoms with Crippen LogP contribution in [-0.2, 0) is 0 Å². The third-order valence-corrected chi connectivity index (χ3v) is 6.36. The molecule has 49 heavy (non-hydrogen) atoms. The smallest absolute Gasteiger partial charge is 0.233 e. The van der Waals surface area contributed by atoms with Crippen LogP contribution in [-0.4, -0.2) is 83.6 Å². The van der Waals surface area contributed by atoms with Crippen molar-refractivity contribution in [2.75, 3.05) is 21.3 Å². The highest BCUT2D eigenvalue weighted by atomic mass is 16.5. The van der Waals surface area contributed by atoms with Crippen molar-refractivity contribution in [2.45, 2.75) is 6.04 Å². The molecule has 0 fully saturated rings. The van der Waals surface area contributed by atoms with Crippen LogP contribution < -0.4 is 19.9 Å². The number of nitrogens with two attached hydrogens (primary N) is 1. The molecule has 1 atom stereocenters. The molecule has 248 valence electrons. The molecule has 0 radical (unpaired) electrons. The quantitative estimate of drug-likeness (QED) is 0.0983. The highest BCUT2D eigenvalue weighted by Crippen LogP contribution is 2.17. The van der Waals surface area contributed by atoms with Crippen molar-refractivity contribution >= 4 is 11.5 Å². The minimum absolute atomic E-state index is 0.205. The van der Waals surface area contributed by atoms with Crippen LogP contribution in [0.2, 0.25) is 0 Å². The van der Waals surface area contributed by atoms with E-state index in [-0.39, 0.29) is 17.5 Å². The molecule has 0 aliphatic rings.